The van der Waals surface area contributed by atoms with Crippen LogP contribution < -0.4 is 0 Å². The van der Waals surface area contributed by atoms with Crippen LogP contribution in [0.5, 0.6) is 0 Å². The molecule has 3 aliphatic heterocycles. The van der Waals surface area contributed by atoms with Crippen molar-refractivity contribution in [2.24, 2.45) is 5.92 Å². The predicted octanol–water partition coefficient (Wildman–Crippen LogP) is 4.06. The van der Waals surface area contributed by atoms with E-state index in [0.717, 1.165) is 11.1 Å². The SMILES string of the molecule is C=C/C(=C\C=C/C)C1OC2OC(C3COC(c4ccccc4)O3)C(C=C)C2O1. The monoisotopic (exact) mass is 382 g/mol. The smallest absolute Gasteiger partial charge is 0.188 e. The first kappa shape index (κ1) is 19.3. The van der Waals surface area contributed by atoms with Crippen molar-refractivity contribution in [3.8, 4) is 0 Å². The fourth-order valence-electron chi connectivity index (χ4n) is 3.84. The van der Waals surface area contributed by atoms with E-state index in [4.69, 9.17) is 23.7 Å². The van der Waals surface area contributed by atoms with E-state index in [-0.39, 0.29) is 30.5 Å². The van der Waals surface area contributed by atoms with Gasteiger partial charge in [0.2, 0.25) is 0 Å². The summed E-state index contributed by atoms with van der Waals surface area (Å²) in [6, 6.07) is 9.90. The number of hydrogen-bond acceptors (Lipinski definition) is 5. The number of ether oxygens (including phenoxy) is 5. The summed E-state index contributed by atoms with van der Waals surface area (Å²) < 4.78 is 30.3. The summed E-state index contributed by atoms with van der Waals surface area (Å²) in [6.45, 7) is 10.2. The fourth-order valence-corrected chi connectivity index (χ4v) is 3.84. The van der Waals surface area contributed by atoms with Gasteiger partial charge < -0.3 is 23.7 Å². The molecule has 148 valence electrons. The summed E-state index contributed by atoms with van der Waals surface area (Å²) in [6.07, 6.45) is 7.39. The zero-order valence-corrected chi connectivity index (χ0v) is 16.0. The van der Waals surface area contributed by atoms with E-state index < -0.39 is 12.6 Å². The minimum absolute atomic E-state index is 0.0501. The lowest BCUT2D eigenvalue weighted by Gasteiger charge is -2.24. The zero-order valence-electron chi connectivity index (χ0n) is 16.0. The van der Waals surface area contributed by atoms with Crippen LogP contribution in [-0.2, 0) is 23.7 Å². The number of hydrogen-bond donors (Lipinski definition) is 0. The van der Waals surface area contributed by atoms with Crippen molar-refractivity contribution in [2.75, 3.05) is 6.61 Å². The number of benzene rings is 1. The van der Waals surface area contributed by atoms with E-state index in [1.54, 1.807) is 6.08 Å². The molecule has 7 atom stereocenters. The van der Waals surface area contributed by atoms with Crippen LogP contribution in [0.15, 0.2) is 79.4 Å². The van der Waals surface area contributed by atoms with Crippen molar-refractivity contribution in [2.45, 2.75) is 44.1 Å². The van der Waals surface area contributed by atoms with E-state index in [0.29, 0.717) is 6.61 Å². The van der Waals surface area contributed by atoms with Gasteiger partial charge in [-0.25, -0.2) is 0 Å². The highest BCUT2D eigenvalue weighted by Crippen LogP contribution is 2.43. The number of fused-ring (bicyclic) bond motifs is 1. The summed E-state index contributed by atoms with van der Waals surface area (Å²) in [7, 11) is 0. The molecule has 0 spiro atoms. The average molecular weight is 382 g/mol. The first-order chi connectivity index (χ1) is 13.7. The lowest BCUT2D eigenvalue weighted by atomic mass is 9.95. The molecule has 0 radical (unpaired) electrons. The first-order valence-electron chi connectivity index (χ1n) is 9.61. The Labute approximate surface area is 165 Å². The van der Waals surface area contributed by atoms with Crippen molar-refractivity contribution in [3.05, 3.63) is 85.0 Å². The van der Waals surface area contributed by atoms with Gasteiger partial charge >= 0.3 is 0 Å². The number of rotatable bonds is 6. The van der Waals surface area contributed by atoms with E-state index in [2.05, 4.69) is 13.2 Å². The predicted molar refractivity (Wildman–Crippen MR) is 105 cm³/mol. The molecule has 5 heteroatoms. The molecule has 1 aromatic rings. The third-order valence-corrected chi connectivity index (χ3v) is 5.27. The Morgan fingerprint density at radius 3 is 2.57 bits per heavy atom. The Balaban J connectivity index is 1.43. The van der Waals surface area contributed by atoms with Gasteiger partial charge in [-0.15, -0.1) is 6.58 Å². The third-order valence-electron chi connectivity index (χ3n) is 5.27. The van der Waals surface area contributed by atoms with Crippen molar-refractivity contribution in [3.63, 3.8) is 0 Å². The molecule has 3 fully saturated rings. The summed E-state index contributed by atoms with van der Waals surface area (Å²) in [5, 5.41) is 0. The molecule has 0 saturated carbocycles. The normalized spacial score (nSPS) is 38.0. The van der Waals surface area contributed by atoms with Crippen LogP contribution in [0.3, 0.4) is 0 Å². The Kier molecular flexibility index (Phi) is 5.90. The maximum atomic E-state index is 6.18. The van der Waals surface area contributed by atoms with E-state index in [1.807, 2.05) is 61.6 Å². The number of allylic oxidation sites excluding steroid dienone is 3. The zero-order chi connectivity index (χ0) is 19.5. The molecule has 1 aromatic carbocycles. The average Bonchev–Trinajstić information content (AvgIpc) is 3.43. The highest BCUT2D eigenvalue weighted by Gasteiger charge is 2.54. The Morgan fingerprint density at radius 1 is 1.04 bits per heavy atom. The van der Waals surface area contributed by atoms with Gasteiger partial charge in [-0.05, 0) is 6.92 Å². The molecule has 28 heavy (non-hydrogen) atoms. The van der Waals surface area contributed by atoms with Gasteiger partial charge in [0.1, 0.15) is 12.2 Å². The molecule has 3 saturated heterocycles. The van der Waals surface area contributed by atoms with Crippen LogP contribution >= 0.6 is 0 Å². The van der Waals surface area contributed by atoms with Crippen LogP contribution in [0.25, 0.3) is 0 Å². The molecule has 3 aliphatic rings. The second-order valence-electron chi connectivity index (χ2n) is 7.00. The lowest BCUT2D eigenvalue weighted by molar-refractivity contribution is -0.172. The van der Waals surface area contributed by atoms with Gasteiger partial charge in [-0.3, -0.25) is 0 Å². The second kappa shape index (κ2) is 8.55. The maximum Gasteiger partial charge on any atom is 0.188 e. The molecule has 3 heterocycles. The second-order valence-corrected chi connectivity index (χ2v) is 7.00. The van der Waals surface area contributed by atoms with Gasteiger partial charge in [0.25, 0.3) is 0 Å². The van der Waals surface area contributed by atoms with Crippen molar-refractivity contribution >= 4 is 0 Å². The minimum Gasteiger partial charge on any atom is -0.346 e. The van der Waals surface area contributed by atoms with Crippen LogP contribution in [-0.4, -0.2) is 37.5 Å². The quantitative estimate of drug-likeness (QED) is 0.549. The van der Waals surface area contributed by atoms with Crippen LogP contribution in [0.1, 0.15) is 18.8 Å². The topological polar surface area (TPSA) is 46.2 Å². The van der Waals surface area contributed by atoms with Gasteiger partial charge in [-0.1, -0.05) is 67.3 Å². The summed E-state index contributed by atoms with van der Waals surface area (Å²) in [4.78, 5) is 0. The molecule has 0 aliphatic carbocycles. The fraction of sp³-hybridized carbons (Fsp3) is 0.391. The van der Waals surface area contributed by atoms with Gasteiger partial charge in [0.15, 0.2) is 18.9 Å². The largest absolute Gasteiger partial charge is 0.346 e. The highest BCUT2D eigenvalue weighted by molar-refractivity contribution is 5.25. The van der Waals surface area contributed by atoms with Crippen LogP contribution in [0, 0.1) is 5.92 Å². The standard InChI is InChI=1S/C23H26O5/c1-4-7-11-15(5-2)22-27-20-17(6-3)19(26-23(20)28-22)18-14-24-21(25-18)16-12-9-8-10-13-16/h4-13,17-23H,2-3,14H2,1H3/b7-4-,15-11+. The lowest BCUT2D eigenvalue weighted by Crippen LogP contribution is -2.36. The van der Waals surface area contributed by atoms with Gasteiger partial charge in [0, 0.05) is 17.1 Å². The molecule has 5 nitrogen and oxygen atoms in total. The molecule has 0 N–H and O–H groups in total. The maximum absolute atomic E-state index is 6.18. The summed E-state index contributed by atoms with van der Waals surface area (Å²) in [5.41, 5.74) is 1.86. The van der Waals surface area contributed by atoms with Crippen LogP contribution in [0.4, 0.5) is 0 Å². The Hall–Kier alpha value is -2.02. The van der Waals surface area contributed by atoms with E-state index in [1.165, 1.54) is 0 Å². The third kappa shape index (κ3) is 3.64. The molecule has 0 amide bonds. The molecule has 0 bridgehead atoms. The van der Waals surface area contributed by atoms with Crippen molar-refractivity contribution < 1.29 is 23.7 Å². The highest BCUT2D eigenvalue weighted by atomic mass is 16.8. The van der Waals surface area contributed by atoms with E-state index >= 15 is 0 Å². The molecule has 0 aromatic heterocycles. The molecular formula is C23H26O5. The van der Waals surface area contributed by atoms with Crippen molar-refractivity contribution in [1.82, 2.24) is 0 Å². The van der Waals surface area contributed by atoms with Crippen LogP contribution in [0.2, 0.25) is 0 Å². The molecule has 7 unspecified atom stereocenters. The Bertz CT molecular complexity index is 756. The van der Waals surface area contributed by atoms with E-state index in [9.17, 15) is 0 Å². The molecule has 4 rings (SSSR count). The van der Waals surface area contributed by atoms with Gasteiger partial charge in [-0.2, -0.15) is 0 Å². The summed E-state index contributed by atoms with van der Waals surface area (Å²) >= 11 is 0. The Morgan fingerprint density at radius 2 is 1.86 bits per heavy atom. The molecular weight excluding hydrogens is 356 g/mol. The minimum atomic E-state index is -0.495. The van der Waals surface area contributed by atoms with Crippen molar-refractivity contribution in [1.29, 1.82) is 0 Å². The first-order valence-corrected chi connectivity index (χ1v) is 9.61. The van der Waals surface area contributed by atoms with Gasteiger partial charge in [0.05, 0.1) is 12.7 Å². The summed E-state index contributed by atoms with van der Waals surface area (Å²) in [5.74, 6) is -0.0501.